The van der Waals surface area contributed by atoms with E-state index in [1.165, 1.54) is 6.42 Å². The first-order valence-corrected chi connectivity index (χ1v) is 5.58. The van der Waals surface area contributed by atoms with Gasteiger partial charge in [-0.25, -0.2) is 9.50 Å². The molecule has 2 aromatic rings. The number of likely N-dealkylation sites (N-methyl/N-ethyl adjacent to an activating group) is 1. The standard InChI is InChI=1S/C11H15N5/c1-15(9-2-5-12-8-9)10-4-7-16-11(14-10)3-6-13-16/h3-4,6-7,9,12H,2,5,8H2,1H3. The minimum Gasteiger partial charge on any atom is -0.355 e. The molecule has 0 radical (unpaired) electrons. The van der Waals surface area contributed by atoms with Crippen LogP contribution in [0.25, 0.3) is 5.65 Å². The van der Waals surface area contributed by atoms with Gasteiger partial charge in [0, 0.05) is 31.9 Å². The summed E-state index contributed by atoms with van der Waals surface area (Å²) in [7, 11) is 2.10. The Balaban J connectivity index is 1.91. The van der Waals surface area contributed by atoms with Gasteiger partial charge < -0.3 is 10.2 Å². The minimum absolute atomic E-state index is 0.554. The van der Waals surface area contributed by atoms with E-state index in [1.807, 2.05) is 18.3 Å². The highest BCUT2D eigenvalue weighted by Gasteiger charge is 2.20. The van der Waals surface area contributed by atoms with Crippen molar-refractivity contribution in [2.24, 2.45) is 0 Å². The van der Waals surface area contributed by atoms with E-state index in [4.69, 9.17) is 0 Å². The van der Waals surface area contributed by atoms with Crippen molar-refractivity contribution in [1.82, 2.24) is 19.9 Å². The van der Waals surface area contributed by atoms with E-state index < -0.39 is 0 Å². The SMILES string of the molecule is CN(c1ccn2nccc2n1)C1CCNC1. The van der Waals surface area contributed by atoms with Gasteiger partial charge in [0.15, 0.2) is 5.65 Å². The van der Waals surface area contributed by atoms with Crippen LogP contribution in [0.1, 0.15) is 6.42 Å². The second-order valence-corrected chi connectivity index (χ2v) is 4.18. The number of nitrogens with zero attached hydrogens (tertiary/aromatic N) is 4. The zero-order chi connectivity index (χ0) is 11.0. The van der Waals surface area contributed by atoms with Gasteiger partial charge in [0.25, 0.3) is 0 Å². The molecule has 1 atom stereocenters. The van der Waals surface area contributed by atoms with Crippen molar-refractivity contribution in [3.8, 4) is 0 Å². The summed E-state index contributed by atoms with van der Waals surface area (Å²) in [6, 6.07) is 4.49. The molecule has 16 heavy (non-hydrogen) atoms. The van der Waals surface area contributed by atoms with Crippen LogP contribution in [0.4, 0.5) is 5.82 Å². The lowest BCUT2D eigenvalue weighted by Gasteiger charge is -2.24. The fraction of sp³-hybridized carbons (Fsp3) is 0.455. The van der Waals surface area contributed by atoms with Crippen LogP contribution in [-0.4, -0.2) is 40.8 Å². The van der Waals surface area contributed by atoms with E-state index in [0.717, 1.165) is 24.6 Å². The van der Waals surface area contributed by atoms with Gasteiger partial charge in [-0.05, 0) is 19.0 Å². The number of hydrogen-bond donors (Lipinski definition) is 1. The largest absolute Gasteiger partial charge is 0.355 e. The van der Waals surface area contributed by atoms with Crippen LogP contribution >= 0.6 is 0 Å². The molecule has 3 rings (SSSR count). The monoisotopic (exact) mass is 217 g/mol. The van der Waals surface area contributed by atoms with Gasteiger partial charge in [-0.3, -0.25) is 0 Å². The highest BCUT2D eigenvalue weighted by molar-refractivity contribution is 5.47. The topological polar surface area (TPSA) is 45.5 Å². The van der Waals surface area contributed by atoms with Gasteiger partial charge in [-0.15, -0.1) is 0 Å². The molecule has 0 aromatic carbocycles. The first-order chi connectivity index (χ1) is 7.84. The summed E-state index contributed by atoms with van der Waals surface area (Å²) in [6.45, 7) is 2.15. The Morgan fingerprint density at radius 2 is 2.44 bits per heavy atom. The van der Waals surface area contributed by atoms with E-state index in [0.29, 0.717) is 6.04 Å². The van der Waals surface area contributed by atoms with Crippen LogP contribution in [0.2, 0.25) is 0 Å². The number of fused-ring (bicyclic) bond motifs is 1. The predicted octanol–water partition coefficient (Wildman–Crippen LogP) is 0.527. The van der Waals surface area contributed by atoms with E-state index in [-0.39, 0.29) is 0 Å². The molecule has 5 heteroatoms. The third kappa shape index (κ3) is 1.53. The number of aromatic nitrogens is 3. The summed E-state index contributed by atoms with van der Waals surface area (Å²) in [5, 5.41) is 7.51. The fourth-order valence-corrected chi connectivity index (χ4v) is 2.16. The lowest BCUT2D eigenvalue weighted by Crippen LogP contribution is -2.33. The van der Waals surface area contributed by atoms with Crippen LogP contribution < -0.4 is 10.2 Å². The molecule has 0 saturated carbocycles. The lowest BCUT2D eigenvalue weighted by atomic mass is 10.2. The highest BCUT2D eigenvalue weighted by Crippen LogP contribution is 2.16. The van der Waals surface area contributed by atoms with Crippen molar-refractivity contribution >= 4 is 11.5 Å². The van der Waals surface area contributed by atoms with Crippen molar-refractivity contribution in [3.63, 3.8) is 0 Å². The maximum Gasteiger partial charge on any atom is 0.157 e. The summed E-state index contributed by atoms with van der Waals surface area (Å²) >= 11 is 0. The quantitative estimate of drug-likeness (QED) is 0.797. The zero-order valence-corrected chi connectivity index (χ0v) is 9.30. The van der Waals surface area contributed by atoms with Crippen molar-refractivity contribution in [1.29, 1.82) is 0 Å². The van der Waals surface area contributed by atoms with Gasteiger partial charge in [-0.1, -0.05) is 0 Å². The summed E-state index contributed by atoms with van der Waals surface area (Å²) < 4.78 is 1.78. The highest BCUT2D eigenvalue weighted by atomic mass is 15.3. The molecule has 84 valence electrons. The number of anilines is 1. The second-order valence-electron chi connectivity index (χ2n) is 4.18. The van der Waals surface area contributed by atoms with Crippen LogP contribution in [0, 0.1) is 0 Å². The van der Waals surface area contributed by atoms with E-state index in [9.17, 15) is 0 Å². The summed E-state index contributed by atoms with van der Waals surface area (Å²) in [5.74, 6) is 1.02. The smallest absolute Gasteiger partial charge is 0.157 e. The third-order valence-electron chi connectivity index (χ3n) is 3.19. The molecule has 1 N–H and O–H groups in total. The molecule has 0 spiro atoms. The van der Waals surface area contributed by atoms with Crippen molar-refractivity contribution in [3.05, 3.63) is 24.5 Å². The number of rotatable bonds is 2. The molecule has 5 nitrogen and oxygen atoms in total. The molecule has 1 fully saturated rings. The first kappa shape index (κ1) is 9.59. The number of hydrogen-bond acceptors (Lipinski definition) is 4. The normalized spacial score (nSPS) is 20.4. The van der Waals surface area contributed by atoms with E-state index in [2.05, 4.69) is 27.3 Å². The van der Waals surface area contributed by atoms with Gasteiger partial charge >= 0.3 is 0 Å². The average molecular weight is 217 g/mol. The van der Waals surface area contributed by atoms with Crippen LogP contribution in [0.15, 0.2) is 24.5 Å². The van der Waals surface area contributed by atoms with Gasteiger partial charge in [0.2, 0.25) is 0 Å². The molecule has 0 amide bonds. The molecule has 1 unspecified atom stereocenters. The molecular formula is C11H15N5. The van der Waals surface area contributed by atoms with Crippen LogP contribution in [0.3, 0.4) is 0 Å². The molecule has 0 bridgehead atoms. The Bertz CT molecular complexity index is 486. The average Bonchev–Trinajstić information content (AvgIpc) is 2.98. The van der Waals surface area contributed by atoms with Gasteiger partial charge in [0.05, 0.1) is 6.20 Å². The first-order valence-electron chi connectivity index (χ1n) is 5.58. The van der Waals surface area contributed by atoms with Crippen LogP contribution in [-0.2, 0) is 0 Å². The Hall–Kier alpha value is -1.62. The van der Waals surface area contributed by atoms with Gasteiger partial charge in [0.1, 0.15) is 5.82 Å². The van der Waals surface area contributed by atoms with Crippen LogP contribution in [0.5, 0.6) is 0 Å². The Kier molecular flexibility index (Phi) is 2.25. The predicted molar refractivity (Wildman–Crippen MR) is 62.7 cm³/mol. The molecule has 1 aliphatic rings. The molecule has 3 heterocycles. The fourth-order valence-electron chi connectivity index (χ4n) is 2.16. The molecule has 0 aliphatic carbocycles. The Morgan fingerprint density at radius 1 is 1.50 bits per heavy atom. The maximum absolute atomic E-state index is 4.58. The van der Waals surface area contributed by atoms with Crippen molar-refractivity contribution < 1.29 is 0 Å². The van der Waals surface area contributed by atoms with E-state index >= 15 is 0 Å². The number of nitrogens with one attached hydrogen (secondary N) is 1. The van der Waals surface area contributed by atoms with Gasteiger partial charge in [-0.2, -0.15) is 5.10 Å². The molecule has 1 saturated heterocycles. The zero-order valence-electron chi connectivity index (χ0n) is 9.30. The second kappa shape index (κ2) is 3.75. The third-order valence-corrected chi connectivity index (χ3v) is 3.19. The summed E-state index contributed by atoms with van der Waals surface area (Å²) in [6.07, 6.45) is 4.91. The minimum atomic E-state index is 0.554. The van der Waals surface area contributed by atoms with Crippen molar-refractivity contribution in [2.45, 2.75) is 12.5 Å². The Labute approximate surface area is 94.1 Å². The summed E-state index contributed by atoms with van der Waals surface area (Å²) in [5.41, 5.74) is 0.898. The van der Waals surface area contributed by atoms with E-state index in [1.54, 1.807) is 10.7 Å². The van der Waals surface area contributed by atoms with Crippen molar-refractivity contribution in [2.75, 3.05) is 25.0 Å². The maximum atomic E-state index is 4.58. The molecule has 2 aromatic heterocycles. The summed E-state index contributed by atoms with van der Waals surface area (Å²) in [4.78, 5) is 6.82. The Morgan fingerprint density at radius 3 is 3.25 bits per heavy atom. The molecule has 1 aliphatic heterocycles. The lowest BCUT2D eigenvalue weighted by molar-refractivity contribution is 0.677. The molecular weight excluding hydrogens is 202 g/mol.